The van der Waals surface area contributed by atoms with Crippen LogP contribution in [0.4, 0.5) is 5.69 Å². The van der Waals surface area contributed by atoms with E-state index >= 15 is 0 Å². The van der Waals surface area contributed by atoms with Crippen molar-refractivity contribution in [3.05, 3.63) is 54.6 Å². The number of nitrogens with one attached hydrogen (secondary N) is 1. The van der Waals surface area contributed by atoms with Crippen molar-refractivity contribution in [1.29, 1.82) is 0 Å². The minimum atomic E-state index is -0.0416. The molecule has 4 aromatic rings. The minimum Gasteiger partial charge on any atom is -1.00 e. The Kier molecular flexibility index (Phi) is 3.62. The van der Waals surface area contributed by atoms with Crippen LogP contribution in [0.25, 0.3) is 32.3 Å². The summed E-state index contributed by atoms with van der Waals surface area (Å²) in [4.78, 5) is 11.4. The number of carbonyl (C=O) groups excluding carboxylic acids is 1. The van der Waals surface area contributed by atoms with Crippen LogP contribution in [-0.2, 0) is 4.79 Å². The van der Waals surface area contributed by atoms with Crippen LogP contribution >= 0.6 is 0 Å². The van der Waals surface area contributed by atoms with Crippen LogP contribution in [0.5, 0.6) is 0 Å². The predicted octanol–water partition coefficient (Wildman–Crippen LogP) is 1.66. The molecule has 4 aromatic carbocycles. The van der Waals surface area contributed by atoms with Crippen molar-refractivity contribution < 1.29 is 35.8 Å². The monoisotopic (exact) mass is 283 g/mol. The van der Waals surface area contributed by atoms with Gasteiger partial charge in [0, 0.05) is 18.0 Å². The van der Waals surface area contributed by atoms with E-state index in [-0.39, 0.29) is 36.9 Å². The van der Waals surface area contributed by atoms with E-state index in [0.717, 1.165) is 11.1 Å². The first-order chi connectivity index (χ1) is 9.74. The molecule has 0 aliphatic heterocycles. The topological polar surface area (TPSA) is 29.1 Å². The number of hydrogen-bond acceptors (Lipinski definition) is 1. The van der Waals surface area contributed by atoms with Crippen molar-refractivity contribution in [2.24, 2.45) is 0 Å². The Morgan fingerprint density at radius 3 is 2.10 bits per heavy atom. The average Bonchev–Trinajstić information content (AvgIpc) is 2.46. The average molecular weight is 283 g/mol. The molecular weight excluding hydrogens is 269 g/mol. The third-order valence-electron chi connectivity index (χ3n) is 3.84. The molecule has 0 aliphatic carbocycles. The Hall–Kier alpha value is -1.61. The summed E-state index contributed by atoms with van der Waals surface area (Å²) in [6, 6.07) is 18.9. The molecule has 0 saturated carbocycles. The second-order valence-corrected chi connectivity index (χ2v) is 5.15. The van der Waals surface area contributed by atoms with Gasteiger partial charge in [0.05, 0.1) is 0 Å². The minimum absolute atomic E-state index is 0. The van der Waals surface area contributed by atoms with E-state index in [4.69, 9.17) is 0 Å². The first-order valence-electron chi connectivity index (χ1n) is 6.68. The van der Waals surface area contributed by atoms with Crippen LogP contribution in [0.3, 0.4) is 0 Å². The molecule has 0 radical (unpaired) electrons. The Bertz CT molecular complexity index is 951. The Balaban J connectivity index is 0.000000882. The summed E-state index contributed by atoms with van der Waals surface area (Å²) >= 11 is 0. The summed E-state index contributed by atoms with van der Waals surface area (Å²) in [6.07, 6.45) is 0. The summed E-state index contributed by atoms with van der Waals surface area (Å²) in [6.45, 7) is 1.54. The SMILES string of the molecule is CC(=O)Nc1ccc2ccc3cccc4ccc1c2c34.[H-].[Na+]. The molecule has 0 atom stereocenters. The Morgan fingerprint density at radius 2 is 1.43 bits per heavy atom. The van der Waals surface area contributed by atoms with Gasteiger partial charge in [-0.05, 0) is 33.0 Å². The van der Waals surface area contributed by atoms with Gasteiger partial charge >= 0.3 is 29.6 Å². The van der Waals surface area contributed by atoms with Gasteiger partial charge in [0.2, 0.25) is 5.91 Å². The smallest absolute Gasteiger partial charge is 1.00 e. The van der Waals surface area contributed by atoms with Gasteiger partial charge in [0.1, 0.15) is 0 Å². The van der Waals surface area contributed by atoms with Crippen molar-refractivity contribution in [1.82, 2.24) is 0 Å². The molecule has 4 rings (SSSR count). The molecule has 0 bridgehead atoms. The van der Waals surface area contributed by atoms with Crippen LogP contribution in [0.1, 0.15) is 8.35 Å². The van der Waals surface area contributed by atoms with Crippen molar-refractivity contribution in [2.75, 3.05) is 5.32 Å². The molecule has 0 spiro atoms. The van der Waals surface area contributed by atoms with Gasteiger partial charge < -0.3 is 6.74 Å². The van der Waals surface area contributed by atoms with Gasteiger partial charge in [-0.15, -0.1) is 0 Å². The molecule has 0 aliphatic rings. The number of hydrogen-bond donors (Lipinski definition) is 1. The molecular formula is C18H14NNaO. The van der Waals surface area contributed by atoms with E-state index in [0.29, 0.717) is 0 Å². The van der Waals surface area contributed by atoms with Gasteiger partial charge in [-0.25, -0.2) is 0 Å². The number of anilines is 1. The molecule has 0 fully saturated rings. The maximum atomic E-state index is 11.4. The molecule has 3 heteroatoms. The van der Waals surface area contributed by atoms with Crippen LogP contribution in [-0.4, -0.2) is 5.91 Å². The summed E-state index contributed by atoms with van der Waals surface area (Å²) in [5.41, 5.74) is 0.878. The molecule has 21 heavy (non-hydrogen) atoms. The van der Waals surface area contributed by atoms with Gasteiger partial charge in [0.15, 0.2) is 0 Å². The number of amides is 1. The molecule has 1 N–H and O–H groups in total. The van der Waals surface area contributed by atoms with Crippen molar-refractivity contribution in [3.63, 3.8) is 0 Å². The van der Waals surface area contributed by atoms with Crippen molar-refractivity contribution in [2.45, 2.75) is 6.92 Å². The predicted molar refractivity (Wildman–Crippen MR) is 85.6 cm³/mol. The maximum Gasteiger partial charge on any atom is 1.00 e. The fraction of sp³-hybridized carbons (Fsp3) is 0.0556. The zero-order valence-electron chi connectivity index (χ0n) is 13.1. The first kappa shape index (κ1) is 14.3. The van der Waals surface area contributed by atoms with Crippen LogP contribution < -0.4 is 34.9 Å². The van der Waals surface area contributed by atoms with E-state index in [1.165, 1.54) is 33.9 Å². The van der Waals surface area contributed by atoms with Crippen molar-refractivity contribution >= 4 is 43.9 Å². The normalized spacial score (nSPS) is 10.9. The largest absolute Gasteiger partial charge is 1.00 e. The third kappa shape index (κ3) is 2.20. The maximum absolute atomic E-state index is 11.4. The zero-order valence-corrected chi connectivity index (χ0v) is 14.1. The molecule has 0 saturated heterocycles. The fourth-order valence-corrected chi connectivity index (χ4v) is 3.03. The quantitative estimate of drug-likeness (QED) is 0.418. The Labute approximate surface area is 146 Å². The van der Waals surface area contributed by atoms with Crippen LogP contribution in [0.15, 0.2) is 54.6 Å². The molecule has 0 heterocycles. The molecule has 0 unspecified atom stereocenters. The van der Waals surface area contributed by atoms with Gasteiger partial charge in [-0.3, -0.25) is 4.79 Å². The Morgan fingerprint density at radius 1 is 0.857 bits per heavy atom. The summed E-state index contributed by atoms with van der Waals surface area (Å²) in [7, 11) is 0. The molecule has 1 amide bonds. The van der Waals surface area contributed by atoms with E-state index in [9.17, 15) is 4.79 Å². The second-order valence-electron chi connectivity index (χ2n) is 5.15. The number of benzene rings is 4. The number of rotatable bonds is 1. The van der Waals surface area contributed by atoms with E-state index in [2.05, 4.69) is 53.8 Å². The second kappa shape index (κ2) is 5.30. The van der Waals surface area contributed by atoms with E-state index in [1.807, 2.05) is 6.07 Å². The standard InChI is InChI=1S/C18H13NO.Na.H/c1-11(20)19-16-10-8-14-6-5-12-3-2-4-13-7-9-15(16)18(14)17(12)13;;/h2-10H,1H3,(H,19,20);;/q;+1;-1. The number of carbonyl (C=O) groups is 1. The van der Waals surface area contributed by atoms with E-state index < -0.39 is 0 Å². The van der Waals surface area contributed by atoms with Gasteiger partial charge in [-0.2, -0.15) is 0 Å². The van der Waals surface area contributed by atoms with Gasteiger partial charge in [-0.1, -0.05) is 48.5 Å². The van der Waals surface area contributed by atoms with Crippen LogP contribution in [0.2, 0.25) is 0 Å². The molecule has 0 aromatic heterocycles. The van der Waals surface area contributed by atoms with Crippen LogP contribution in [0, 0.1) is 0 Å². The molecule has 2 nitrogen and oxygen atoms in total. The van der Waals surface area contributed by atoms with Crippen molar-refractivity contribution in [3.8, 4) is 0 Å². The fourth-order valence-electron chi connectivity index (χ4n) is 3.03. The van der Waals surface area contributed by atoms with Gasteiger partial charge in [0.25, 0.3) is 0 Å². The molecule has 98 valence electrons. The summed E-state index contributed by atoms with van der Waals surface area (Å²) in [5.74, 6) is -0.0416. The zero-order chi connectivity index (χ0) is 13.7. The summed E-state index contributed by atoms with van der Waals surface area (Å²) in [5, 5.41) is 10.2. The van der Waals surface area contributed by atoms with E-state index in [1.54, 1.807) is 0 Å². The first-order valence-corrected chi connectivity index (χ1v) is 6.68. The third-order valence-corrected chi connectivity index (χ3v) is 3.84. The summed E-state index contributed by atoms with van der Waals surface area (Å²) < 4.78 is 0.